The summed E-state index contributed by atoms with van der Waals surface area (Å²) in [7, 11) is 1.62. The van der Waals surface area contributed by atoms with E-state index < -0.39 is 0 Å². The second kappa shape index (κ2) is 11.4. The normalized spacial score (nSPS) is 16.1. The molecule has 8 nitrogen and oxygen atoms in total. The van der Waals surface area contributed by atoms with Crippen molar-refractivity contribution in [2.45, 2.75) is 45.3 Å². The average Bonchev–Trinajstić information content (AvgIpc) is 2.97. The summed E-state index contributed by atoms with van der Waals surface area (Å²) in [4.78, 5) is 8.93. The molecule has 0 amide bonds. The number of halogens is 1. The van der Waals surface area contributed by atoms with Gasteiger partial charge in [-0.05, 0) is 80.9 Å². The lowest BCUT2D eigenvalue weighted by Crippen LogP contribution is -2.49. The fourth-order valence-corrected chi connectivity index (χ4v) is 6.07. The molecule has 2 N–H and O–H groups in total. The zero-order chi connectivity index (χ0) is 28.4. The molecule has 9 heteroatoms. The Morgan fingerprint density at radius 3 is 2.68 bits per heavy atom. The number of aromatic nitrogens is 2. The number of aryl methyl sites for hydroxylation is 1. The van der Waals surface area contributed by atoms with Crippen molar-refractivity contribution in [2.24, 2.45) is 5.41 Å². The van der Waals surface area contributed by atoms with E-state index in [0.717, 1.165) is 42.6 Å². The number of piperidine rings is 1. The Hall–Kier alpha value is -4.06. The molecule has 2 aromatic carbocycles. The van der Waals surface area contributed by atoms with E-state index in [2.05, 4.69) is 26.7 Å². The van der Waals surface area contributed by atoms with Crippen LogP contribution in [0.3, 0.4) is 0 Å². The predicted molar refractivity (Wildman–Crippen MR) is 159 cm³/mol. The third-order valence-electron chi connectivity index (χ3n) is 8.25. The summed E-state index contributed by atoms with van der Waals surface area (Å²) in [6, 6.07) is 15.3. The molecule has 41 heavy (non-hydrogen) atoms. The molecule has 6 rings (SSSR count). The van der Waals surface area contributed by atoms with Crippen LogP contribution in [0, 0.1) is 23.7 Å². The molecule has 4 aromatic rings. The zero-order valence-corrected chi connectivity index (χ0v) is 23.9. The third kappa shape index (κ3) is 5.61. The van der Waals surface area contributed by atoms with Gasteiger partial charge in [0.25, 0.3) is 0 Å². The fourth-order valence-electron chi connectivity index (χ4n) is 5.85. The van der Waals surface area contributed by atoms with Gasteiger partial charge in [0.1, 0.15) is 18.4 Å². The highest BCUT2D eigenvalue weighted by atomic mass is 35.5. The van der Waals surface area contributed by atoms with Crippen LogP contribution in [0.2, 0.25) is 5.02 Å². The number of hydrogen-bond acceptors (Lipinski definition) is 8. The maximum absolute atomic E-state index is 9.88. The zero-order valence-electron chi connectivity index (χ0n) is 23.2. The van der Waals surface area contributed by atoms with E-state index in [1.807, 2.05) is 43.3 Å². The molecule has 0 bridgehead atoms. The van der Waals surface area contributed by atoms with Crippen LogP contribution in [-0.2, 0) is 6.61 Å². The molecular weight excluding hydrogens is 538 g/mol. The van der Waals surface area contributed by atoms with E-state index in [9.17, 15) is 5.26 Å². The molecule has 0 radical (unpaired) electrons. The van der Waals surface area contributed by atoms with Crippen LogP contribution in [0.4, 0.5) is 11.4 Å². The van der Waals surface area contributed by atoms with Crippen molar-refractivity contribution < 1.29 is 14.2 Å². The first-order chi connectivity index (χ1) is 20.0. The number of hydrogen-bond donors (Lipinski definition) is 2. The molecule has 2 aromatic heterocycles. The molecule has 0 atom stereocenters. The Balaban J connectivity index is 1.23. The number of fused-ring (bicyclic) bond motifs is 1. The molecule has 0 unspecified atom stereocenters. The SMILES string of the molecule is COc1cc2c(Nc3ccc(OCc4ncccc4C)cc3Cl)c(C#N)cnc2cc1OC1CC2(CCNCC2)C1. The van der Waals surface area contributed by atoms with Gasteiger partial charge >= 0.3 is 0 Å². The lowest BCUT2D eigenvalue weighted by atomic mass is 9.62. The second-order valence-electron chi connectivity index (χ2n) is 10.9. The Kier molecular flexibility index (Phi) is 7.57. The minimum absolute atomic E-state index is 0.163. The van der Waals surface area contributed by atoms with E-state index in [0.29, 0.717) is 56.7 Å². The van der Waals surface area contributed by atoms with Gasteiger partial charge < -0.3 is 24.8 Å². The van der Waals surface area contributed by atoms with Crippen LogP contribution < -0.4 is 24.8 Å². The highest BCUT2D eigenvalue weighted by molar-refractivity contribution is 6.33. The number of nitrogens with one attached hydrogen (secondary N) is 2. The summed E-state index contributed by atoms with van der Waals surface area (Å²) in [5.74, 6) is 1.89. The fraction of sp³-hybridized carbons (Fsp3) is 0.344. The summed E-state index contributed by atoms with van der Waals surface area (Å²) in [5, 5.41) is 17.9. The molecule has 1 aliphatic carbocycles. The van der Waals surface area contributed by atoms with Gasteiger partial charge in [0, 0.05) is 29.9 Å². The van der Waals surface area contributed by atoms with Gasteiger partial charge in [-0.2, -0.15) is 5.26 Å². The molecule has 1 saturated heterocycles. The third-order valence-corrected chi connectivity index (χ3v) is 8.56. The standard InChI is InChI=1S/C32H32ClN5O3/c1-20-4-3-9-36-28(20)19-40-22-5-6-26(25(33)12-22)38-31-21(17-34)18-37-27-14-30(29(39-2)13-24(27)31)41-23-15-32(16-23)7-10-35-11-8-32/h3-6,9,12-14,18,23,35H,7-8,10-11,15-16,19H2,1-2H3,(H,37,38). The number of nitriles is 1. The van der Waals surface area contributed by atoms with Crippen LogP contribution in [-0.4, -0.2) is 36.3 Å². The number of anilines is 2. The van der Waals surface area contributed by atoms with Gasteiger partial charge in [-0.15, -0.1) is 0 Å². The number of benzene rings is 2. The summed E-state index contributed by atoms with van der Waals surface area (Å²) in [5.41, 5.74) is 4.66. The van der Waals surface area contributed by atoms with Gasteiger partial charge in [-0.25, -0.2) is 0 Å². The first-order valence-electron chi connectivity index (χ1n) is 13.8. The molecule has 210 valence electrons. The minimum Gasteiger partial charge on any atom is -0.493 e. The molecule has 2 aliphatic rings. The van der Waals surface area contributed by atoms with Gasteiger partial charge in [-0.1, -0.05) is 17.7 Å². The van der Waals surface area contributed by atoms with Gasteiger partial charge in [0.2, 0.25) is 0 Å². The van der Waals surface area contributed by atoms with Crippen LogP contribution in [0.25, 0.3) is 10.9 Å². The highest BCUT2D eigenvalue weighted by Gasteiger charge is 2.46. The summed E-state index contributed by atoms with van der Waals surface area (Å²) in [6.07, 6.45) is 8.00. The van der Waals surface area contributed by atoms with Crippen molar-refractivity contribution in [2.75, 3.05) is 25.5 Å². The molecule has 2 fully saturated rings. The van der Waals surface area contributed by atoms with E-state index in [1.54, 1.807) is 25.6 Å². The Labute approximate surface area is 244 Å². The van der Waals surface area contributed by atoms with Crippen molar-refractivity contribution in [3.05, 3.63) is 76.7 Å². The predicted octanol–water partition coefficient (Wildman–Crippen LogP) is 6.71. The number of ether oxygens (including phenoxy) is 3. The van der Waals surface area contributed by atoms with Crippen LogP contribution in [0.1, 0.15) is 42.5 Å². The first kappa shape index (κ1) is 27.1. The Morgan fingerprint density at radius 1 is 1.12 bits per heavy atom. The van der Waals surface area contributed by atoms with Crippen molar-refractivity contribution in [3.8, 4) is 23.3 Å². The van der Waals surface area contributed by atoms with Crippen molar-refractivity contribution >= 4 is 33.9 Å². The van der Waals surface area contributed by atoms with Crippen molar-refractivity contribution in [3.63, 3.8) is 0 Å². The maximum Gasteiger partial charge on any atom is 0.163 e. The summed E-state index contributed by atoms with van der Waals surface area (Å²) in [6.45, 7) is 4.50. The second-order valence-corrected chi connectivity index (χ2v) is 11.3. The first-order valence-corrected chi connectivity index (χ1v) is 14.2. The highest BCUT2D eigenvalue weighted by Crippen LogP contribution is 2.50. The lowest BCUT2D eigenvalue weighted by molar-refractivity contribution is -0.0356. The molecule has 1 aliphatic heterocycles. The maximum atomic E-state index is 9.88. The number of methoxy groups -OCH3 is 1. The molecule has 1 saturated carbocycles. The van der Waals surface area contributed by atoms with Crippen LogP contribution in [0.15, 0.2) is 54.9 Å². The topological polar surface area (TPSA) is 101 Å². The van der Waals surface area contributed by atoms with E-state index in [-0.39, 0.29) is 6.10 Å². The van der Waals surface area contributed by atoms with Crippen LogP contribution in [0.5, 0.6) is 17.2 Å². The van der Waals surface area contributed by atoms with Gasteiger partial charge in [0.05, 0.1) is 46.4 Å². The number of rotatable bonds is 8. The number of nitrogens with zero attached hydrogens (tertiary/aromatic N) is 3. The van der Waals surface area contributed by atoms with Crippen molar-refractivity contribution in [1.82, 2.24) is 15.3 Å². The monoisotopic (exact) mass is 569 g/mol. The largest absolute Gasteiger partial charge is 0.493 e. The molecule has 3 heterocycles. The Bertz CT molecular complexity index is 1620. The van der Waals surface area contributed by atoms with Crippen LogP contribution >= 0.6 is 11.6 Å². The van der Waals surface area contributed by atoms with E-state index >= 15 is 0 Å². The minimum atomic E-state index is 0.163. The number of pyridine rings is 2. The van der Waals surface area contributed by atoms with Gasteiger partial charge in [0.15, 0.2) is 11.5 Å². The van der Waals surface area contributed by atoms with E-state index in [1.165, 1.54) is 12.8 Å². The quantitative estimate of drug-likeness (QED) is 0.241. The average molecular weight is 570 g/mol. The molecule has 1 spiro atoms. The lowest BCUT2D eigenvalue weighted by Gasteiger charge is -2.49. The summed E-state index contributed by atoms with van der Waals surface area (Å²) >= 11 is 6.66. The molecular formula is C32H32ClN5O3. The van der Waals surface area contributed by atoms with Gasteiger partial charge in [-0.3, -0.25) is 9.97 Å². The smallest absolute Gasteiger partial charge is 0.163 e. The van der Waals surface area contributed by atoms with Crippen molar-refractivity contribution in [1.29, 1.82) is 5.26 Å². The van der Waals surface area contributed by atoms with E-state index in [4.69, 9.17) is 25.8 Å². The Morgan fingerprint density at radius 2 is 1.95 bits per heavy atom. The summed E-state index contributed by atoms with van der Waals surface area (Å²) < 4.78 is 18.1.